The predicted molar refractivity (Wildman–Crippen MR) is 86.2 cm³/mol. The Labute approximate surface area is 138 Å². The van der Waals surface area contributed by atoms with Gasteiger partial charge in [0, 0.05) is 38.7 Å². The lowest BCUT2D eigenvalue weighted by atomic mass is 10.1. The summed E-state index contributed by atoms with van der Waals surface area (Å²) < 4.78 is 10.7. The van der Waals surface area contributed by atoms with Crippen molar-refractivity contribution in [2.75, 3.05) is 32.8 Å². The van der Waals surface area contributed by atoms with Crippen LogP contribution in [0.25, 0.3) is 0 Å². The number of aliphatic hydroxyl groups excluding tert-OH is 1. The van der Waals surface area contributed by atoms with Crippen molar-refractivity contribution in [1.82, 2.24) is 9.80 Å². The lowest BCUT2D eigenvalue weighted by Crippen LogP contribution is -2.41. The number of aliphatic hydroxyl groups is 1. The van der Waals surface area contributed by atoms with Gasteiger partial charge in [0.1, 0.15) is 11.2 Å². The summed E-state index contributed by atoms with van der Waals surface area (Å²) in [5.74, 6) is -0.225. The third kappa shape index (κ3) is 7.07. The molecule has 0 aliphatic carbocycles. The number of nitrogens with zero attached hydrogens (tertiary/aromatic N) is 2. The Kier molecular flexibility index (Phi) is 6.27. The van der Waals surface area contributed by atoms with Crippen molar-refractivity contribution < 1.29 is 24.2 Å². The summed E-state index contributed by atoms with van der Waals surface area (Å²) >= 11 is 0. The van der Waals surface area contributed by atoms with Gasteiger partial charge >= 0.3 is 12.2 Å². The Morgan fingerprint density at radius 1 is 0.913 bits per heavy atom. The summed E-state index contributed by atoms with van der Waals surface area (Å²) in [6.45, 7) is 12.1. The zero-order valence-corrected chi connectivity index (χ0v) is 15.1. The quantitative estimate of drug-likeness (QED) is 0.796. The van der Waals surface area contributed by atoms with Gasteiger partial charge in [-0.2, -0.15) is 0 Å². The summed E-state index contributed by atoms with van der Waals surface area (Å²) in [7, 11) is 0. The van der Waals surface area contributed by atoms with Crippen LogP contribution in [0.2, 0.25) is 0 Å². The van der Waals surface area contributed by atoms with Crippen molar-refractivity contribution in [3.05, 3.63) is 0 Å². The maximum Gasteiger partial charge on any atom is 0.410 e. The fourth-order valence-corrected chi connectivity index (χ4v) is 2.21. The fourth-order valence-electron chi connectivity index (χ4n) is 2.21. The largest absolute Gasteiger partial charge is 0.444 e. The van der Waals surface area contributed by atoms with Crippen LogP contribution in [0.3, 0.4) is 0 Å². The Morgan fingerprint density at radius 2 is 1.26 bits per heavy atom. The molecule has 0 spiro atoms. The normalized spacial score (nSPS) is 17.7. The van der Waals surface area contributed by atoms with Crippen molar-refractivity contribution >= 4 is 12.2 Å². The van der Waals surface area contributed by atoms with Crippen molar-refractivity contribution in [1.29, 1.82) is 0 Å². The molecule has 2 amide bonds. The first-order valence-electron chi connectivity index (χ1n) is 7.98. The fraction of sp³-hybridized carbons (Fsp3) is 0.875. The van der Waals surface area contributed by atoms with Crippen LogP contribution in [0.1, 0.15) is 41.5 Å². The molecular weight excluding hydrogens is 300 g/mol. The molecule has 1 saturated heterocycles. The van der Waals surface area contributed by atoms with Crippen molar-refractivity contribution in [3.8, 4) is 0 Å². The molecule has 1 fully saturated rings. The van der Waals surface area contributed by atoms with Crippen LogP contribution in [0.4, 0.5) is 9.59 Å². The second kappa shape index (κ2) is 7.38. The van der Waals surface area contributed by atoms with Crippen molar-refractivity contribution in [2.45, 2.75) is 52.7 Å². The van der Waals surface area contributed by atoms with E-state index in [-0.39, 0.29) is 12.5 Å². The maximum atomic E-state index is 12.2. The summed E-state index contributed by atoms with van der Waals surface area (Å²) in [4.78, 5) is 27.5. The highest BCUT2D eigenvalue weighted by Gasteiger charge is 2.32. The third-order valence-corrected chi connectivity index (χ3v) is 3.16. The Bertz CT molecular complexity index is 387. The number of amides is 2. The molecule has 0 aromatic heterocycles. The van der Waals surface area contributed by atoms with E-state index >= 15 is 0 Å². The van der Waals surface area contributed by atoms with E-state index in [0.717, 1.165) is 0 Å². The van der Waals surface area contributed by atoms with Gasteiger partial charge in [-0.05, 0) is 41.5 Å². The molecule has 0 unspecified atom stereocenters. The zero-order valence-electron chi connectivity index (χ0n) is 15.1. The second-order valence-corrected chi connectivity index (χ2v) is 7.90. The minimum Gasteiger partial charge on any atom is -0.444 e. The number of carbonyl (C=O) groups excluding carboxylic acids is 2. The van der Waals surface area contributed by atoms with Crippen LogP contribution >= 0.6 is 0 Å². The molecule has 7 heteroatoms. The van der Waals surface area contributed by atoms with Gasteiger partial charge in [-0.3, -0.25) is 0 Å². The average Bonchev–Trinajstić information content (AvgIpc) is 2.57. The van der Waals surface area contributed by atoms with Gasteiger partial charge < -0.3 is 24.4 Å². The standard InChI is InChI=1S/C16H30N2O5/c1-15(2,3)22-13(20)17-7-8-18(10-12(9-17)11-19)14(21)23-16(4,5)6/h12,19H,7-11H2,1-6H3. The maximum absolute atomic E-state index is 12.2. The van der Waals surface area contributed by atoms with Crippen LogP contribution in [0, 0.1) is 5.92 Å². The lowest BCUT2D eigenvalue weighted by Gasteiger charge is -2.27. The van der Waals surface area contributed by atoms with Gasteiger partial charge in [0.25, 0.3) is 0 Å². The molecule has 0 bridgehead atoms. The molecule has 134 valence electrons. The van der Waals surface area contributed by atoms with E-state index in [9.17, 15) is 14.7 Å². The number of carbonyl (C=O) groups is 2. The minimum atomic E-state index is -0.580. The molecule has 0 radical (unpaired) electrons. The Balaban J connectivity index is 2.75. The van der Waals surface area contributed by atoms with Gasteiger partial charge in [0.15, 0.2) is 0 Å². The molecular formula is C16H30N2O5. The summed E-state index contributed by atoms with van der Waals surface area (Å²) in [6, 6.07) is 0. The smallest absolute Gasteiger partial charge is 0.410 e. The van der Waals surface area contributed by atoms with Crippen LogP contribution < -0.4 is 0 Å². The zero-order chi connectivity index (χ0) is 17.8. The first-order chi connectivity index (χ1) is 10.4. The molecule has 0 saturated carbocycles. The summed E-state index contributed by atoms with van der Waals surface area (Å²) in [6.07, 6.45) is -0.857. The summed E-state index contributed by atoms with van der Waals surface area (Å²) in [5, 5.41) is 9.52. The predicted octanol–water partition coefficient (Wildman–Crippen LogP) is 2.08. The van der Waals surface area contributed by atoms with Gasteiger partial charge in [-0.15, -0.1) is 0 Å². The van der Waals surface area contributed by atoms with Gasteiger partial charge in [-0.25, -0.2) is 9.59 Å². The van der Waals surface area contributed by atoms with Gasteiger partial charge in [-0.1, -0.05) is 0 Å². The number of hydrogen-bond donors (Lipinski definition) is 1. The van der Waals surface area contributed by atoms with E-state index in [1.165, 1.54) is 9.80 Å². The molecule has 1 aliphatic rings. The van der Waals surface area contributed by atoms with Crippen LogP contribution in [-0.2, 0) is 9.47 Å². The average molecular weight is 330 g/mol. The second-order valence-electron chi connectivity index (χ2n) is 7.90. The minimum absolute atomic E-state index is 0.113. The highest BCUT2D eigenvalue weighted by molar-refractivity contribution is 5.70. The van der Waals surface area contributed by atoms with Crippen molar-refractivity contribution in [3.63, 3.8) is 0 Å². The number of hydrogen-bond acceptors (Lipinski definition) is 5. The molecule has 1 aliphatic heterocycles. The molecule has 1 rings (SSSR count). The molecule has 0 aromatic carbocycles. The third-order valence-electron chi connectivity index (χ3n) is 3.16. The molecule has 23 heavy (non-hydrogen) atoms. The van der Waals surface area contributed by atoms with E-state index in [1.807, 2.05) is 0 Å². The number of rotatable bonds is 1. The first kappa shape index (κ1) is 19.5. The van der Waals surface area contributed by atoms with E-state index < -0.39 is 23.4 Å². The van der Waals surface area contributed by atoms with E-state index in [0.29, 0.717) is 26.2 Å². The number of ether oxygens (including phenoxy) is 2. The summed E-state index contributed by atoms with van der Waals surface area (Å²) in [5.41, 5.74) is -1.16. The molecule has 0 aromatic rings. The van der Waals surface area contributed by atoms with Gasteiger partial charge in [0.2, 0.25) is 0 Å². The van der Waals surface area contributed by atoms with Crippen LogP contribution in [0.5, 0.6) is 0 Å². The highest BCUT2D eigenvalue weighted by Crippen LogP contribution is 2.17. The molecule has 1 heterocycles. The molecule has 1 N–H and O–H groups in total. The lowest BCUT2D eigenvalue weighted by molar-refractivity contribution is 0.0200. The van der Waals surface area contributed by atoms with Crippen molar-refractivity contribution in [2.24, 2.45) is 5.92 Å². The van der Waals surface area contributed by atoms with Crippen LogP contribution in [-0.4, -0.2) is 71.1 Å². The Morgan fingerprint density at radius 3 is 1.52 bits per heavy atom. The van der Waals surface area contributed by atoms with E-state index in [2.05, 4.69) is 0 Å². The van der Waals surface area contributed by atoms with E-state index in [4.69, 9.17) is 9.47 Å². The van der Waals surface area contributed by atoms with E-state index in [1.54, 1.807) is 41.5 Å². The molecule has 7 nitrogen and oxygen atoms in total. The SMILES string of the molecule is CC(C)(C)OC(=O)N1CCN(C(=O)OC(C)(C)C)CC(CO)C1. The topological polar surface area (TPSA) is 79.3 Å². The van der Waals surface area contributed by atoms with Gasteiger partial charge in [0.05, 0.1) is 0 Å². The highest BCUT2D eigenvalue weighted by atomic mass is 16.6. The monoisotopic (exact) mass is 330 g/mol. The molecule has 0 atom stereocenters. The first-order valence-corrected chi connectivity index (χ1v) is 7.98. The Hall–Kier alpha value is -1.50. The van der Waals surface area contributed by atoms with Crippen LogP contribution in [0.15, 0.2) is 0 Å².